The zero-order chi connectivity index (χ0) is 13.8. The van der Waals surface area contributed by atoms with E-state index in [0.29, 0.717) is 12.6 Å². The van der Waals surface area contributed by atoms with Crippen LogP contribution in [0.4, 0.5) is 5.13 Å². The Hall–Kier alpha value is -0.660. The number of thiazole rings is 1. The molecular weight excluding hydrogens is 270 g/mol. The summed E-state index contributed by atoms with van der Waals surface area (Å²) >= 11 is 1.54. The minimum absolute atomic E-state index is 0.155. The Labute approximate surface area is 113 Å². The third-order valence-corrected chi connectivity index (χ3v) is 4.28. The van der Waals surface area contributed by atoms with Crippen LogP contribution >= 0.6 is 11.3 Å². The zero-order valence-electron chi connectivity index (χ0n) is 11.3. The molecule has 0 bridgehead atoms. The molecule has 0 unspecified atom stereocenters. The van der Waals surface area contributed by atoms with Gasteiger partial charge in [0, 0.05) is 37.8 Å². The van der Waals surface area contributed by atoms with Crippen LogP contribution in [0.1, 0.15) is 19.5 Å². The van der Waals surface area contributed by atoms with Crippen LogP contribution in [0.3, 0.4) is 0 Å². The molecule has 5 nitrogen and oxygen atoms in total. The van der Waals surface area contributed by atoms with Crippen LogP contribution in [0, 0.1) is 0 Å². The number of nitrogens with zero attached hydrogens (tertiary/aromatic N) is 2. The maximum atomic E-state index is 11.1. The van der Waals surface area contributed by atoms with Crippen molar-refractivity contribution in [2.45, 2.75) is 26.4 Å². The zero-order valence-corrected chi connectivity index (χ0v) is 12.9. The quantitative estimate of drug-likeness (QED) is 0.816. The fourth-order valence-corrected chi connectivity index (χ4v) is 2.68. The highest BCUT2D eigenvalue weighted by Gasteiger charge is 2.10. The van der Waals surface area contributed by atoms with E-state index < -0.39 is 9.84 Å². The third-order valence-electron chi connectivity index (χ3n) is 2.36. The van der Waals surface area contributed by atoms with Crippen LogP contribution < -0.4 is 10.2 Å². The molecule has 1 N–H and O–H groups in total. The summed E-state index contributed by atoms with van der Waals surface area (Å²) in [6, 6.07) is 0.429. The lowest BCUT2D eigenvalue weighted by atomic mass is 10.4. The summed E-state index contributed by atoms with van der Waals surface area (Å²) in [5.41, 5.74) is 0.995. The second-order valence-electron chi connectivity index (χ2n) is 4.71. The van der Waals surface area contributed by atoms with Gasteiger partial charge in [-0.05, 0) is 0 Å². The molecule has 0 aliphatic heterocycles. The topological polar surface area (TPSA) is 62.3 Å². The third kappa shape index (κ3) is 5.79. The number of anilines is 1. The van der Waals surface area contributed by atoms with Gasteiger partial charge in [-0.2, -0.15) is 0 Å². The van der Waals surface area contributed by atoms with Gasteiger partial charge in [0.2, 0.25) is 0 Å². The Morgan fingerprint density at radius 1 is 1.50 bits per heavy atom. The predicted molar refractivity (Wildman–Crippen MR) is 77.1 cm³/mol. The molecule has 0 spiro atoms. The first-order valence-electron chi connectivity index (χ1n) is 5.84. The largest absolute Gasteiger partial charge is 0.350 e. The number of hydrogen-bond donors (Lipinski definition) is 1. The molecule has 0 fully saturated rings. The summed E-state index contributed by atoms with van der Waals surface area (Å²) in [5, 5.41) is 6.16. The van der Waals surface area contributed by atoms with E-state index in [-0.39, 0.29) is 5.75 Å². The molecule has 0 aliphatic carbocycles. The summed E-state index contributed by atoms with van der Waals surface area (Å²) in [4.78, 5) is 6.35. The minimum Gasteiger partial charge on any atom is -0.350 e. The molecule has 0 atom stereocenters. The molecule has 0 aromatic carbocycles. The maximum absolute atomic E-state index is 11.1. The molecule has 0 saturated carbocycles. The monoisotopic (exact) mass is 291 g/mol. The molecule has 104 valence electrons. The molecule has 1 aromatic rings. The summed E-state index contributed by atoms with van der Waals surface area (Å²) in [6.07, 6.45) is 1.25. The summed E-state index contributed by atoms with van der Waals surface area (Å²) in [6.45, 7) is 5.40. The lowest BCUT2D eigenvalue weighted by molar-refractivity contribution is 0.583. The molecule has 1 aromatic heterocycles. The van der Waals surface area contributed by atoms with Gasteiger partial charge in [0.25, 0.3) is 0 Å². The molecule has 18 heavy (non-hydrogen) atoms. The molecule has 0 saturated heterocycles. The van der Waals surface area contributed by atoms with E-state index >= 15 is 0 Å². The molecular formula is C11H21N3O2S2. The predicted octanol–water partition coefficient (Wildman–Crippen LogP) is 1.12. The van der Waals surface area contributed by atoms with Crippen LogP contribution in [0.25, 0.3) is 0 Å². The van der Waals surface area contributed by atoms with Crippen molar-refractivity contribution >= 4 is 26.3 Å². The summed E-state index contributed by atoms with van der Waals surface area (Å²) in [7, 11) is -1.05. The van der Waals surface area contributed by atoms with E-state index in [1.165, 1.54) is 17.6 Å². The van der Waals surface area contributed by atoms with Crippen LogP contribution in [-0.2, 0) is 16.4 Å². The van der Waals surface area contributed by atoms with Crippen molar-refractivity contribution < 1.29 is 8.42 Å². The highest BCUT2D eigenvalue weighted by molar-refractivity contribution is 7.90. The fourth-order valence-electron chi connectivity index (χ4n) is 1.26. The van der Waals surface area contributed by atoms with E-state index in [1.54, 1.807) is 0 Å². The van der Waals surface area contributed by atoms with Crippen LogP contribution in [0.15, 0.2) is 5.38 Å². The minimum atomic E-state index is -2.92. The van der Waals surface area contributed by atoms with Gasteiger partial charge in [-0.15, -0.1) is 11.3 Å². The van der Waals surface area contributed by atoms with Crippen LogP contribution in [-0.4, -0.2) is 45.0 Å². The summed E-state index contributed by atoms with van der Waals surface area (Å²) in [5.74, 6) is 0.155. The second kappa shape index (κ2) is 6.49. The highest BCUT2D eigenvalue weighted by atomic mass is 32.2. The number of aromatic nitrogens is 1. The van der Waals surface area contributed by atoms with Crippen molar-refractivity contribution in [3.05, 3.63) is 11.1 Å². The van der Waals surface area contributed by atoms with Gasteiger partial charge in [-0.1, -0.05) is 13.8 Å². The van der Waals surface area contributed by atoms with E-state index in [0.717, 1.165) is 17.4 Å². The average molecular weight is 291 g/mol. The first-order valence-corrected chi connectivity index (χ1v) is 8.78. The molecule has 0 radical (unpaired) electrons. The molecule has 1 heterocycles. The molecule has 0 aliphatic rings. The van der Waals surface area contributed by atoms with Crippen molar-refractivity contribution in [1.82, 2.24) is 10.3 Å². The van der Waals surface area contributed by atoms with Crippen molar-refractivity contribution in [2.24, 2.45) is 0 Å². The van der Waals surface area contributed by atoms with E-state index in [1.807, 2.05) is 17.3 Å². The number of rotatable bonds is 7. The lowest BCUT2D eigenvalue weighted by Gasteiger charge is -2.14. The Morgan fingerprint density at radius 2 is 2.17 bits per heavy atom. The summed E-state index contributed by atoms with van der Waals surface area (Å²) < 4.78 is 22.2. The van der Waals surface area contributed by atoms with Gasteiger partial charge >= 0.3 is 0 Å². The Morgan fingerprint density at radius 3 is 2.72 bits per heavy atom. The normalized spacial score (nSPS) is 12.1. The SMILES string of the molecule is CC(C)NCc1csc(N(C)CCS(C)(=O)=O)n1. The van der Waals surface area contributed by atoms with Crippen molar-refractivity contribution in [1.29, 1.82) is 0 Å². The standard InChI is InChI=1S/C11H21N3O2S2/c1-9(2)12-7-10-8-17-11(13-10)14(3)5-6-18(4,15)16/h8-9,12H,5-7H2,1-4H3. The van der Waals surface area contributed by atoms with Gasteiger partial charge in [0.05, 0.1) is 11.4 Å². The van der Waals surface area contributed by atoms with Crippen LogP contribution in [0.2, 0.25) is 0 Å². The second-order valence-corrected chi connectivity index (χ2v) is 7.80. The Kier molecular flexibility index (Phi) is 5.55. The average Bonchev–Trinajstić information content (AvgIpc) is 2.70. The van der Waals surface area contributed by atoms with Crippen LogP contribution in [0.5, 0.6) is 0 Å². The highest BCUT2D eigenvalue weighted by Crippen LogP contribution is 2.19. The lowest BCUT2D eigenvalue weighted by Crippen LogP contribution is -2.25. The van der Waals surface area contributed by atoms with Crippen molar-refractivity contribution in [3.63, 3.8) is 0 Å². The van der Waals surface area contributed by atoms with E-state index in [9.17, 15) is 8.42 Å². The van der Waals surface area contributed by atoms with Crippen molar-refractivity contribution in [2.75, 3.05) is 30.5 Å². The van der Waals surface area contributed by atoms with Gasteiger partial charge in [-0.25, -0.2) is 13.4 Å². The van der Waals surface area contributed by atoms with E-state index in [2.05, 4.69) is 24.1 Å². The van der Waals surface area contributed by atoms with Gasteiger partial charge in [0.1, 0.15) is 9.84 Å². The maximum Gasteiger partial charge on any atom is 0.185 e. The first kappa shape index (κ1) is 15.4. The van der Waals surface area contributed by atoms with Gasteiger partial charge in [0.15, 0.2) is 5.13 Å². The van der Waals surface area contributed by atoms with Crippen molar-refractivity contribution in [3.8, 4) is 0 Å². The molecule has 1 rings (SSSR count). The van der Waals surface area contributed by atoms with Gasteiger partial charge in [-0.3, -0.25) is 0 Å². The molecule has 0 amide bonds. The first-order chi connectivity index (χ1) is 8.28. The molecule has 7 heteroatoms. The number of hydrogen-bond acceptors (Lipinski definition) is 6. The Balaban J connectivity index is 2.51. The van der Waals surface area contributed by atoms with Gasteiger partial charge < -0.3 is 10.2 Å². The Bertz CT molecular complexity index is 468. The smallest absolute Gasteiger partial charge is 0.185 e. The number of sulfone groups is 1. The fraction of sp³-hybridized carbons (Fsp3) is 0.727. The van der Waals surface area contributed by atoms with E-state index in [4.69, 9.17) is 0 Å². The number of nitrogens with one attached hydrogen (secondary N) is 1.